The van der Waals surface area contributed by atoms with Crippen LogP contribution in [0.4, 0.5) is 0 Å². The predicted octanol–water partition coefficient (Wildman–Crippen LogP) is 3.69. The van der Waals surface area contributed by atoms with E-state index in [9.17, 15) is 0 Å². The molecular weight excluding hydrogens is 238 g/mol. The van der Waals surface area contributed by atoms with Crippen LogP contribution in [-0.2, 0) is 25.2 Å². The van der Waals surface area contributed by atoms with Gasteiger partial charge >= 0.3 is 92.7 Å². The van der Waals surface area contributed by atoms with Gasteiger partial charge in [0.1, 0.15) is 0 Å². The zero-order valence-electron chi connectivity index (χ0n) is 5.50. The quantitative estimate of drug-likeness (QED) is 0.520. The van der Waals surface area contributed by atoms with E-state index >= 15 is 0 Å². The van der Waals surface area contributed by atoms with Gasteiger partial charge in [0.2, 0.25) is 0 Å². The molecule has 0 nitrogen and oxygen atoms in total. The van der Waals surface area contributed by atoms with E-state index in [-0.39, 0.29) is 0 Å². The van der Waals surface area contributed by atoms with Gasteiger partial charge < -0.3 is 0 Å². The van der Waals surface area contributed by atoms with Gasteiger partial charge in [-0.3, -0.25) is 0 Å². The maximum atomic E-state index is 5.88. The van der Waals surface area contributed by atoms with E-state index in [0.717, 1.165) is 10.3 Å². The van der Waals surface area contributed by atoms with Crippen LogP contribution in [-0.4, -0.2) is 0 Å². The van der Waals surface area contributed by atoms with Crippen LogP contribution in [0.1, 0.15) is 5.56 Å². The number of hydrogen-bond donors (Lipinski definition) is 0. The maximum absolute atomic E-state index is 5.88. The van der Waals surface area contributed by atoms with Crippen LogP contribution in [0.25, 0.3) is 0 Å². The molecule has 1 aromatic rings. The molecule has 0 saturated heterocycles. The summed E-state index contributed by atoms with van der Waals surface area (Å²) in [6, 6.07) is 3.64. The predicted molar refractivity (Wildman–Crippen MR) is 45.2 cm³/mol. The first-order valence-electron chi connectivity index (χ1n) is 2.93. The topological polar surface area (TPSA) is 0 Å². The Morgan fingerprint density at radius 1 is 1.09 bits per heavy atom. The van der Waals surface area contributed by atoms with Crippen molar-refractivity contribution >= 4 is 34.8 Å². The van der Waals surface area contributed by atoms with Crippen LogP contribution in [0.3, 0.4) is 0 Å². The Morgan fingerprint density at radius 3 is 2.27 bits per heavy atom. The Balaban J connectivity index is 3.25. The normalized spacial score (nSPS) is 10.0. The van der Waals surface area contributed by atoms with Gasteiger partial charge in [0.25, 0.3) is 0 Å². The van der Waals surface area contributed by atoms with Crippen LogP contribution in [0.15, 0.2) is 12.1 Å². The van der Waals surface area contributed by atoms with Crippen molar-refractivity contribution in [2.24, 2.45) is 0 Å². The molecule has 0 heterocycles. The fourth-order valence-corrected chi connectivity index (χ4v) is 1.96. The molecule has 1 rings (SSSR count). The molecule has 57 valence electrons. The molecule has 0 aliphatic rings. The Bertz CT molecular complexity index is 273. The van der Waals surface area contributed by atoms with E-state index in [1.54, 1.807) is 6.07 Å². The fraction of sp³-hybridized carbons (Fsp3) is 0.143. The van der Waals surface area contributed by atoms with Crippen LogP contribution < -0.4 is 0 Å². The zero-order chi connectivity index (χ0) is 8.43. The number of benzene rings is 1. The fourth-order valence-electron chi connectivity index (χ4n) is 0.702. The minimum absolute atomic E-state index is 0.452. The Morgan fingerprint density at radius 2 is 1.73 bits per heavy atom. The van der Waals surface area contributed by atoms with Crippen molar-refractivity contribution in [2.45, 2.75) is 4.73 Å². The molecule has 0 aliphatic heterocycles. The molecule has 0 fully saturated rings. The van der Waals surface area contributed by atoms with E-state index in [4.69, 9.17) is 34.8 Å². The van der Waals surface area contributed by atoms with Crippen molar-refractivity contribution < 1.29 is 20.4 Å². The molecule has 0 amide bonds. The number of rotatable bonds is 1. The molecule has 1 aromatic carbocycles. The first kappa shape index (κ1) is 9.89. The van der Waals surface area contributed by atoms with Crippen molar-refractivity contribution in [2.75, 3.05) is 0 Å². The molecule has 0 radical (unpaired) electrons. The summed E-state index contributed by atoms with van der Waals surface area (Å²) in [6.07, 6.45) is 0. The van der Waals surface area contributed by atoms with E-state index in [1.807, 2.05) is 26.5 Å². The van der Waals surface area contributed by atoms with Crippen molar-refractivity contribution in [3.8, 4) is 0 Å². The molecule has 0 bridgehead atoms. The third-order valence-electron chi connectivity index (χ3n) is 1.31. The molecule has 0 N–H and O–H groups in total. The summed E-state index contributed by atoms with van der Waals surface area (Å²) in [4.78, 5) is 0. The van der Waals surface area contributed by atoms with Gasteiger partial charge in [0, 0.05) is 0 Å². The summed E-state index contributed by atoms with van der Waals surface area (Å²) in [7, 11) is 0. The Hall–Kier alpha value is 0.804. The van der Waals surface area contributed by atoms with Crippen LogP contribution in [0, 0.1) is 0 Å². The van der Waals surface area contributed by atoms with Crippen LogP contribution >= 0.6 is 34.8 Å². The van der Waals surface area contributed by atoms with E-state index in [1.165, 1.54) is 0 Å². The Labute approximate surface area is 92.2 Å². The summed E-state index contributed by atoms with van der Waals surface area (Å²) < 4.78 is 0.871. The van der Waals surface area contributed by atoms with Gasteiger partial charge in [-0.2, -0.15) is 0 Å². The first-order valence-corrected chi connectivity index (χ1v) is 5.17. The third-order valence-corrected chi connectivity index (χ3v) is 3.23. The molecule has 0 aromatic heterocycles. The average molecular weight is 242 g/mol. The van der Waals surface area contributed by atoms with E-state index in [2.05, 4.69) is 0 Å². The zero-order valence-corrected chi connectivity index (χ0v) is 9.33. The molecule has 11 heavy (non-hydrogen) atoms. The Kier molecular flexibility index (Phi) is 3.74. The van der Waals surface area contributed by atoms with Gasteiger partial charge in [-0.15, -0.1) is 0 Å². The van der Waals surface area contributed by atoms with Gasteiger partial charge in [0.05, 0.1) is 0 Å². The summed E-state index contributed by atoms with van der Waals surface area (Å²) in [6.45, 7) is 0. The first-order chi connectivity index (χ1) is 5.16. The molecule has 0 unspecified atom stereocenters. The molecule has 0 saturated carbocycles. The van der Waals surface area contributed by atoms with E-state index < -0.39 is 0 Å². The van der Waals surface area contributed by atoms with Crippen LogP contribution in [0.2, 0.25) is 15.1 Å². The molecule has 0 spiro atoms. The summed E-state index contributed by atoms with van der Waals surface area (Å²) in [5.41, 5.74) is 1.03. The summed E-state index contributed by atoms with van der Waals surface area (Å²) >= 11 is 19.4. The van der Waals surface area contributed by atoms with Crippen LogP contribution in [0.5, 0.6) is 0 Å². The summed E-state index contributed by atoms with van der Waals surface area (Å²) in [5, 5.41) is 1.53. The minimum atomic E-state index is 0.452. The van der Waals surface area contributed by atoms with Crippen molar-refractivity contribution in [3.63, 3.8) is 0 Å². The second kappa shape index (κ2) is 4.16. The SMILES string of the molecule is Clc1ccc([CH2][Ti])c(Cl)c1Cl. The summed E-state index contributed by atoms with van der Waals surface area (Å²) in [5.74, 6) is 0. The van der Waals surface area contributed by atoms with Gasteiger partial charge in [0.15, 0.2) is 0 Å². The van der Waals surface area contributed by atoms with Crippen molar-refractivity contribution in [3.05, 3.63) is 32.8 Å². The number of halogens is 3. The second-order valence-electron chi connectivity index (χ2n) is 2.01. The van der Waals surface area contributed by atoms with E-state index in [0.29, 0.717) is 15.1 Å². The van der Waals surface area contributed by atoms with Crippen molar-refractivity contribution in [1.29, 1.82) is 0 Å². The van der Waals surface area contributed by atoms with Gasteiger partial charge in [-0.05, 0) is 0 Å². The molecule has 4 heteroatoms. The second-order valence-corrected chi connectivity index (χ2v) is 3.73. The third kappa shape index (κ3) is 2.14. The average Bonchev–Trinajstić information content (AvgIpc) is 2.01. The van der Waals surface area contributed by atoms with Crippen molar-refractivity contribution in [1.82, 2.24) is 0 Å². The standard InChI is InChI=1S/C7H4Cl3.Ti/c1-4-2-3-5(8)7(10)6(4)9;/h2-3H,1H2;. The molecule has 0 atom stereocenters. The van der Waals surface area contributed by atoms with Gasteiger partial charge in [-0.1, -0.05) is 0 Å². The van der Waals surface area contributed by atoms with Gasteiger partial charge in [-0.25, -0.2) is 0 Å². The number of hydrogen-bond acceptors (Lipinski definition) is 0. The monoisotopic (exact) mass is 241 g/mol. The molecular formula is C7H4Cl3Ti. The molecule has 0 aliphatic carbocycles.